The predicted octanol–water partition coefficient (Wildman–Crippen LogP) is 5.36. The number of nitrogens with one attached hydrogen (secondary N) is 4. The molecule has 0 radical (unpaired) electrons. The highest BCUT2D eigenvalue weighted by atomic mass is 19.1. The molecule has 4 N–H and O–H groups in total. The zero-order chi connectivity index (χ0) is 25.4. The average Bonchev–Trinajstić information content (AvgIpc) is 3.41. The molecule has 6 rings (SSSR count). The van der Waals surface area contributed by atoms with Crippen molar-refractivity contribution in [3.05, 3.63) is 90.1 Å². The molecule has 0 aliphatic heterocycles. The molecule has 37 heavy (non-hydrogen) atoms. The summed E-state index contributed by atoms with van der Waals surface area (Å²) in [7, 11) is 1.93. The van der Waals surface area contributed by atoms with Gasteiger partial charge in [0.2, 0.25) is 0 Å². The second kappa shape index (κ2) is 9.42. The highest BCUT2D eigenvalue weighted by molar-refractivity contribution is 6.12. The molecule has 0 saturated heterocycles. The van der Waals surface area contributed by atoms with E-state index < -0.39 is 0 Å². The van der Waals surface area contributed by atoms with Crippen molar-refractivity contribution in [2.24, 2.45) is 0 Å². The van der Waals surface area contributed by atoms with E-state index in [-0.39, 0.29) is 17.8 Å². The van der Waals surface area contributed by atoms with Crippen molar-refractivity contribution in [3.8, 4) is 11.3 Å². The number of amides is 1. The van der Waals surface area contributed by atoms with Crippen LogP contribution < -0.4 is 15.5 Å². The van der Waals surface area contributed by atoms with Crippen LogP contribution in [-0.4, -0.2) is 39.2 Å². The molecule has 8 nitrogen and oxygen atoms in total. The lowest BCUT2D eigenvalue weighted by molar-refractivity contribution is 0.0953. The molecule has 3 heterocycles. The Morgan fingerprint density at radius 2 is 1.92 bits per heavy atom. The van der Waals surface area contributed by atoms with Crippen molar-refractivity contribution in [1.29, 1.82) is 0 Å². The molecule has 1 aliphatic carbocycles. The van der Waals surface area contributed by atoms with E-state index >= 15 is 0 Å². The second-order valence-corrected chi connectivity index (χ2v) is 9.24. The van der Waals surface area contributed by atoms with Crippen LogP contribution in [0.2, 0.25) is 0 Å². The Bertz CT molecular complexity index is 1560. The van der Waals surface area contributed by atoms with Gasteiger partial charge in [-0.25, -0.2) is 4.39 Å². The normalized spacial score (nSPS) is 13.0. The van der Waals surface area contributed by atoms with Gasteiger partial charge in [0.1, 0.15) is 11.6 Å². The van der Waals surface area contributed by atoms with Gasteiger partial charge in [0.15, 0.2) is 0 Å². The lowest BCUT2D eigenvalue weighted by Gasteiger charge is -2.19. The number of aromatic amines is 2. The first kappa shape index (κ1) is 22.8. The largest absolute Gasteiger partial charge is 0.365 e. The molecule has 0 spiro atoms. The van der Waals surface area contributed by atoms with Gasteiger partial charge in [-0.05, 0) is 67.4 Å². The van der Waals surface area contributed by atoms with Crippen LogP contribution in [0, 0.1) is 5.82 Å². The van der Waals surface area contributed by atoms with Crippen molar-refractivity contribution < 1.29 is 9.18 Å². The number of benzene rings is 2. The van der Waals surface area contributed by atoms with Gasteiger partial charge in [0, 0.05) is 47.1 Å². The van der Waals surface area contributed by atoms with Gasteiger partial charge >= 0.3 is 0 Å². The predicted molar refractivity (Wildman–Crippen MR) is 142 cm³/mol. The number of anilines is 3. The van der Waals surface area contributed by atoms with Crippen molar-refractivity contribution in [1.82, 2.24) is 25.5 Å². The zero-order valence-corrected chi connectivity index (χ0v) is 20.3. The minimum Gasteiger partial charge on any atom is -0.365 e. The fourth-order valence-electron chi connectivity index (χ4n) is 4.37. The fraction of sp³-hybridized carbons (Fsp3) is 0.179. The van der Waals surface area contributed by atoms with Gasteiger partial charge in [-0.3, -0.25) is 14.9 Å². The molecule has 0 atom stereocenters. The summed E-state index contributed by atoms with van der Waals surface area (Å²) in [5, 5.41) is 14.1. The number of hydrogen-bond donors (Lipinski definition) is 4. The standard InChI is InChI=1S/C28H26FN7O/c1-36(21-9-5-18(29)6-10-21)22-11-12-23-25(13-22)35-27(26(23)28(37)34-19-7-8-19)30-16-20-3-2-4-24(33-20)17-14-31-32-15-17/h2-6,9-15,19,30,35H,7-8,16H2,1H3,(H,31,32)(H,34,37). The highest BCUT2D eigenvalue weighted by Crippen LogP contribution is 2.33. The third-order valence-electron chi connectivity index (χ3n) is 6.57. The smallest absolute Gasteiger partial charge is 0.255 e. The Kier molecular flexibility index (Phi) is 5.80. The van der Waals surface area contributed by atoms with Crippen molar-refractivity contribution >= 4 is 34.0 Å². The number of rotatable bonds is 8. The molecule has 2 aromatic carbocycles. The molecular formula is C28H26FN7O. The molecule has 0 bridgehead atoms. The number of carbonyl (C=O) groups is 1. The monoisotopic (exact) mass is 495 g/mol. The number of fused-ring (bicyclic) bond motifs is 1. The van der Waals surface area contributed by atoms with E-state index in [0.717, 1.165) is 52.1 Å². The summed E-state index contributed by atoms with van der Waals surface area (Å²) in [6, 6.07) is 18.3. The van der Waals surface area contributed by atoms with E-state index in [1.807, 2.05) is 48.3 Å². The summed E-state index contributed by atoms with van der Waals surface area (Å²) in [4.78, 5) is 23.3. The minimum absolute atomic E-state index is 0.101. The van der Waals surface area contributed by atoms with Crippen LogP contribution in [0.1, 0.15) is 28.9 Å². The van der Waals surface area contributed by atoms with Crippen LogP contribution in [0.25, 0.3) is 22.2 Å². The van der Waals surface area contributed by atoms with Crippen LogP contribution >= 0.6 is 0 Å². The first-order valence-corrected chi connectivity index (χ1v) is 12.2. The minimum atomic E-state index is -0.274. The van der Waals surface area contributed by atoms with Crippen LogP contribution in [0.4, 0.5) is 21.6 Å². The van der Waals surface area contributed by atoms with E-state index in [9.17, 15) is 9.18 Å². The second-order valence-electron chi connectivity index (χ2n) is 9.24. The maximum atomic E-state index is 13.4. The third kappa shape index (κ3) is 4.75. The van der Waals surface area contributed by atoms with Gasteiger partial charge in [-0.1, -0.05) is 6.07 Å². The van der Waals surface area contributed by atoms with E-state index in [1.165, 1.54) is 12.1 Å². The van der Waals surface area contributed by atoms with Crippen LogP contribution in [0.15, 0.2) is 73.1 Å². The van der Waals surface area contributed by atoms with Gasteiger partial charge in [-0.15, -0.1) is 0 Å². The average molecular weight is 496 g/mol. The maximum absolute atomic E-state index is 13.4. The molecule has 1 saturated carbocycles. The molecule has 0 unspecified atom stereocenters. The van der Waals surface area contributed by atoms with Gasteiger partial charge in [0.25, 0.3) is 5.91 Å². The lowest BCUT2D eigenvalue weighted by Crippen LogP contribution is -2.26. The number of nitrogens with zero attached hydrogens (tertiary/aromatic N) is 3. The van der Waals surface area contributed by atoms with Crippen LogP contribution in [0.5, 0.6) is 0 Å². The number of H-pyrrole nitrogens is 2. The molecule has 5 aromatic rings. The summed E-state index contributed by atoms with van der Waals surface area (Å²) in [5.74, 6) is 0.269. The molecule has 3 aromatic heterocycles. The lowest BCUT2D eigenvalue weighted by atomic mass is 10.1. The Morgan fingerprint density at radius 3 is 2.68 bits per heavy atom. The van der Waals surface area contributed by atoms with E-state index in [2.05, 4.69) is 25.8 Å². The maximum Gasteiger partial charge on any atom is 0.255 e. The number of hydrogen-bond acceptors (Lipinski definition) is 5. The number of aromatic nitrogens is 4. The third-order valence-corrected chi connectivity index (χ3v) is 6.57. The van der Waals surface area contributed by atoms with E-state index in [1.54, 1.807) is 24.5 Å². The Morgan fingerprint density at radius 1 is 1.11 bits per heavy atom. The Hall–Kier alpha value is -4.66. The summed E-state index contributed by atoms with van der Waals surface area (Å²) in [6.07, 6.45) is 5.55. The van der Waals surface area contributed by atoms with Crippen molar-refractivity contribution in [2.75, 3.05) is 17.3 Å². The first-order valence-electron chi connectivity index (χ1n) is 12.2. The van der Waals surface area contributed by atoms with Crippen molar-refractivity contribution in [2.45, 2.75) is 25.4 Å². The Labute approximate surface area is 212 Å². The number of pyridine rings is 1. The topological polar surface area (TPSA) is 102 Å². The number of carbonyl (C=O) groups excluding carboxylic acids is 1. The quantitative estimate of drug-likeness (QED) is 0.232. The van der Waals surface area contributed by atoms with Gasteiger partial charge in [0.05, 0.1) is 29.7 Å². The molecule has 186 valence electrons. The van der Waals surface area contributed by atoms with Crippen molar-refractivity contribution in [3.63, 3.8) is 0 Å². The zero-order valence-electron chi connectivity index (χ0n) is 20.3. The molecule has 9 heteroatoms. The summed E-state index contributed by atoms with van der Waals surface area (Å²) < 4.78 is 13.4. The first-order chi connectivity index (χ1) is 18.0. The summed E-state index contributed by atoms with van der Waals surface area (Å²) in [6.45, 7) is 0.435. The highest BCUT2D eigenvalue weighted by Gasteiger charge is 2.27. The SMILES string of the molecule is CN(c1ccc(F)cc1)c1ccc2c(C(=O)NC3CC3)c(NCc3cccc(-c4cn[nH]c4)n3)[nH]c2c1. The van der Waals surface area contributed by atoms with Crippen LogP contribution in [0.3, 0.4) is 0 Å². The molecule has 1 fully saturated rings. The van der Waals surface area contributed by atoms with Crippen LogP contribution in [-0.2, 0) is 6.54 Å². The van der Waals surface area contributed by atoms with E-state index in [4.69, 9.17) is 4.98 Å². The van der Waals surface area contributed by atoms with Gasteiger partial charge in [-0.2, -0.15) is 5.10 Å². The fourth-order valence-corrected chi connectivity index (χ4v) is 4.37. The number of halogens is 1. The van der Waals surface area contributed by atoms with E-state index in [0.29, 0.717) is 17.9 Å². The van der Waals surface area contributed by atoms with Gasteiger partial charge < -0.3 is 20.5 Å². The molecule has 1 amide bonds. The Balaban J connectivity index is 1.31. The summed E-state index contributed by atoms with van der Waals surface area (Å²) >= 11 is 0. The molecule has 1 aliphatic rings. The molecular weight excluding hydrogens is 469 g/mol. The summed E-state index contributed by atoms with van der Waals surface area (Å²) in [5.41, 5.74) is 5.76.